The van der Waals surface area contributed by atoms with E-state index in [1.54, 1.807) is 30.3 Å². The van der Waals surface area contributed by atoms with Crippen LogP contribution in [0.5, 0.6) is 0 Å². The second kappa shape index (κ2) is 16.7. The number of aliphatic imine (C=N–C) groups is 1. The van der Waals surface area contributed by atoms with Crippen molar-refractivity contribution in [3.05, 3.63) is 75.0 Å². The molecule has 1 spiro atoms. The number of quaternary nitrogens is 1. The van der Waals surface area contributed by atoms with E-state index in [1.165, 1.54) is 0 Å². The average molecular weight is 756 g/mol. The Kier molecular flexibility index (Phi) is 13.3. The molecule has 1 fully saturated rings. The van der Waals surface area contributed by atoms with Crippen molar-refractivity contribution in [2.75, 3.05) is 34.3 Å². The zero-order valence-corrected chi connectivity index (χ0v) is 33.7. The molecule has 2 aliphatic rings. The summed E-state index contributed by atoms with van der Waals surface area (Å²) in [5.41, 5.74) is 2.06. The first kappa shape index (κ1) is 41.4. The van der Waals surface area contributed by atoms with Crippen LogP contribution in [0.1, 0.15) is 113 Å². The monoisotopic (exact) mass is 754 g/mol. The predicted molar refractivity (Wildman–Crippen MR) is 206 cm³/mol. The third-order valence-electron chi connectivity index (χ3n) is 9.91. The van der Waals surface area contributed by atoms with Crippen molar-refractivity contribution in [1.29, 1.82) is 0 Å². The number of hydrogen-bond donors (Lipinski definition) is 2. The molecule has 0 radical (unpaired) electrons. The van der Waals surface area contributed by atoms with E-state index in [0.717, 1.165) is 55.1 Å². The van der Waals surface area contributed by atoms with Crippen molar-refractivity contribution in [3.8, 4) is 0 Å². The van der Waals surface area contributed by atoms with E-state index in [9.17, 15) is 9.59 Å². The van der Waals surface area contributed by atoms with Gasteiger partial charge in [0.2, 0.25) is 0 Å². The average Bonchev–Trinajstić information content (AvgIpc) is 3.66. The number of rotatable bonds is 10. The number of aliphatic hydroxyl groups excluding tert-OH is 1. The van der Waals surface area contributed by atoms with Gasteiger partial charge in [0.05, 0.1) is 33.8 Å². The van der Waals surface area contributed by atoms with Crippen molar-refractivity contribution < 1.29 is 19.2 Å². The van der Waals surface area contributed by atoms with Gasteiger partial charge >= 0.3 is 0 Å². The standard InChI is InChI=1S/C34H43Cl2N7O2.C5H14NO/c1-32(2,3)14-13-27(21-7-9-22(10-8-21)30(44)37-20-28-39-41-42-40-28)43-31(45)29(23-17-25(35)19-26(36)18-23)38-34(43)15-11-24(12-16-34)33(4,5)6;1-6(2,3)4-5-7/h7-10,17-19,24,27H,11-16,20H2,1-6H3,(H2,37,39,40,41,42,44);7H,4-5H2,1-3H3/q;+1/p-1/t24?,27-,34?;/m1./s1. The molecule has 0 unspecified atom stereocenters. The van der Waals surface area contributed by atoms with E-state index in [-0.39, 0.29) is 41.8 Å². The van der Waals surface area contributed by atoms with E-state index in [4.69, 9.17) is 33.3 Å². The fourth-order valence-corrected chi connectivity index (χ4v) is 7.41. The topological polar surface area (TPSA) is 135 Å². The van der Waals surface area contributed by atoms with Crippen LogP contribution in [0.15, 0.2) is 47.5 Å². The highest BCUT2D eigenvalue weighted by Crippen LogP contribution is 2.50. The van der Waals surface area contributed by atoms with Gasteiger partial charge in [-0.3, -0.25) is 24.9 Å². The van der Waals surface area contributed by atoms with Gasteiger partial charge in [0.1, 0.15) is 17.9 Å². The van der Waals surface area contributed by atoms with Crippen LogP contribution in [0.2, 0.25) is 10.0 Å². The van der Waals surface area contributed by atoms with Crippen molar-refractivity contribution in [1.82, 2.24) is 30.8 Å². The molecule has 3 aromatic rings. The molecule has 284 valence electrons. The van der Waals surface area contributed by atoms with Crippen molar-refractivity contribution in [2.24, 2.45) is 21.7 Å². The van der Waals surface area contributed by atoms with Crippen LogP contribution in [0.25, 0.3) is 0 Å². The van der Waals surface area contributed by atoms with Gasteiger partial charge in [-0.15, -0.1) is 0 Å². The molecular weight excluding hydrogens is 699 g/mol. The number of tetrazole rings is 1. The quantitative estimate of drug-likeness (QED) is 0.216. The molecule has 5 rings (SSSR count). The lowest BCUT2D eigenvalue weighted by molar-refractivity contribution is -0.870. The molecule has 13 heteroatoms. The number of aromatic nitrogens is 4. The summed E-state index contributed by atoms with van der Waals surface area (Å²) in [6, 6.07) is 12.5. The molecule has 11 nitrogen and oxygen atoms in total. The number of aliphatic hydroxyl groups is 1. The maximum atomic E-state index is 14.6. The van der Waals surface area contributed by atoms with E-state index in [0.29, 0.717) is 38.6 Å². The highest BCUT2D eigenvalue weighted by Gasteiger charge is 2.52. The first-order chi connectivity index (χ1) is 24.2. The zero-order valence-electron chi connectivity index (χ0n) is 32.2. The van der Waals surface area contributed by atoms with E-state index in [2.05, 4.69) is 88.6 Å². The summed E-state index contributed by atoms with van der Waals surface area (Å²) < 4.78 is 0.844. The van der Waals surface area contributed by atoms with Crippen LogP contribution in [0.3, 0.4) is 0 Å². The molecule has 2 amide bonds. The van der Waals surface area contributed by atoms with Gasteiger partial charge in [-0.2, -0.15) is 5.21 Å². The Bertz CT molecular complexity index is 1660. The van der Waals surface area contributed by atoms with Gasteiger partial charge < -0.3 is 24.9 Å². The van der Waals surface area contributed by atoms with Crippen LogP contribution in [0.4, 0.5) is 0 Å². The summed E-state index contributed by atoms with van der Waals surface area (Å²) in [6.45, 7) is 14.8. The van der Waals surface area contributed by atoms with Crippen LogP contribution < -0.4 is 10.4 Å². The Morgan fingerprint density at radius 2 is 1.65 bits per heavy atom. The molecule has 2 aromatic carbocycles. The number of amides is 2. The smallest absolute Gasteiger partial charge is 0.275 e. The molecule has 1 aliphatic carbocycles. The molecule has 1 atom stereocenters. The number of hydrogen-bond acceptors (Lipinski definition) is 7. The Morgan fingerprint density at radius 3 is 2.13 bits per heavy atom. The van der Waals surface area contributed by atoms with Crippen LogP contribution in [-0.2, 0) is 11.3 Å². The van der Waals surface area contributed by atoms with Gasteiger partial charge in [-0.25, -0.2) is 0 Å². The van der Waals surface area contributed by atoms with Crippen LogP contribution in [0, 0.1) is 16.7 Å². The summed E-state index contributed by atoms with van der Waals surface area (Å²) in [5, 5.41) is 26.5. The number of nitrogens with one attached hydrogen (secondary N) is 1. The van der Waals surface area contributed by atoms with Gasteiger partial charge in [0, 0.05) is 33.5 Å². The van der Waals surface area contributed by atoms with E-state index >= 15 is 0 Å². The molecule has 0 saturated heterocycles. The number of nitrogens with zero attached hydrogens (tertiary/aromatic N) is 7. The number of likely N-dealkylation sites (N-methyl/N-ethyl adjacent to an activating group) is 1. The SMILES string of the molecule is CC(C)(C)CC[C@H](c1ccc(C(=O)NCc2nnn[n-]2)cc1)N1C(=O)C(c2cc(Cl)cc(Cl)c2)=NC12CCC(C(C)(C)C)CC2.C[N+](C)(C)CCO. The lowest BCUT2D eigenvalue weighted by Gasteiger charge is -2.47. The summed E-state index contributed by atoms with van der Waals surface area (Å²) in [5.74, 6) is 0.518. The van der Waals surface area contributed by atoms with Gasteiger partial charge in [0.25, 0.3) is 11.8 Å². The molecule has 1 saturated carbocycles. The Morgan fingerprint density at radius 1 is 1.04 bits per heavy atom. The summed E-state index contributed by atoms with van der Waals surface area (Å²) in [4.78, 5) is 34.8. The maximum absolute atomic E-state index is 14.6. The minimum absolute atomic E-state index is 0.0503. The summed E-state index contributed by atoms with van der Waals surface area (Å²) in [7, 11) is 6.16. The summed E-state index contributed by atoms with van der Waals surface area (Å²) >= 11 is 12.8. The third-order valence-corrected chi connectivity index (χ3v) is 10.3. The van der Waals surface area contributed by atoms with Crippen LogP contribution in [-0.4, -0.2) is 87.5 Å². The zero-order chi connectivity index (χ0) is 38.5. The molecule has 1 aromatic heterocycles. The number of carbonyl (C=O) groups excluding carboxylic acids is 2. The Hall–Kier alpha value is -3.38. The lowest BCUT2D eigenvalue weighted by atomic mass is 9.69. The molecule has 1 aliphatic heterocycles. The van der Waals surface area contributed by atoms with Gasteiger partial charge in [0.15, 0.2) is 0 Å². The minimum Gasteiger partial charge on any atom is -0.391 e. The highest BCUT2D eigenvalue weighted by atomic mass is 35.5. The molecular formula is C39H56Cl2N8O3. The normalized spacial score (nSPS) is 20.0. The third kappa shape index (κ3) is 11.1. The van der Waals surface area contributed by atoms with E-state index < -0.39 is 5.66 Å². The van der Waals surface area contributed by atoms with Gasteiger partial charge in [-0.05, 0) is 91.2 Å². The van der Waals surface area contributed by atoms with E-state index in [1.807, 2.05) is 17.0 Å². The van der Waals surface area contributed by atoms with Crippen LogP contribution >= 0.6 is 23.2 Å². The predicted octanol–water partition coefficient (Wildman–Crippen LogP) is 6.88. The first-order valence-electron chi connectivity index (χ1n) is 18.1. The molecule has 52 heavy (non-hydrogen) atoms. The number of benzene rings is 2. The molecule has 2 N–H and O–H groups in total. The second-order valence-corrected chi connectivity index (χ2v) is 18.2. The fraction of sp³-hybridized carbons (Fsp3) is 0.590. The summed E-state index contributed by atoms with van der Waals surface area (Å²) in [6.07, 6.45) is 5.15. The largest absolute Gasteiger partial charge is 0.391 e. The minimum atomic E-state index is -0.677. The highest BCUT2D eigenvalue weighted by molar-refractivity contribution is 6.47. The second-order valence-electron chi connectivity index (χ2n) is 17.4. The molecule has 2 heterocycles. The fourth-order valence-electron chi connectivity index (χ4n) is 6.89. The Labute approximate surface area is 319 Å². The lowest BCUT2D eigenvalue weighted by Crippen LogP contribution is -2.51. The van der Waals surface area contributed by atoms with Crippen molar-refractivity contribution in [3.63, 3.8) is 0 Å². The first-order valence-corrected chi connectivity index (χ1v) is 18.8. The number of carbonyl (C=O) groups is 2. The van der Waals surface area contributed by atoms with Crippen molar-refractivity contribution in [2.45, 2.75) is 98.3 Å². The number of halogens is 2. The van der Waals surface area contributed by atoms with Gasteiger partial charge in [-0.1, -0.05) is 76.9 Å². The molecule has 0 bridgehead atoms. The Balaban J connectivity index is 0.000000785. The van der Waals surface area contributed by atoms with Crippen molar-refractivity contribution >= 4 is 40.7 Å². The maximum Gasteiger partial charge on any atom is 0.275 e.